The molecule has 0 bridgehead atoms. The molecule has 10 heteroatoms. The predicted molar refractivity (Wildman–Crippen MR) is 186 cm³/mol. The van der Waals surface area contributed by atoms with Crippen LogP contribution in [-0.2, 0) is 9.59 Å². The van der Waals surface area contributed by atoms with E-state index >= 15 is 0 Å². The molecule has 0 aliphatic carbocycles. The summed E-state index contributed by atoms with van der Waals surface area (Å²) in [4.78, 5) is 44.5. The Morgan fingerprint density at radius 2 is 1.54 bits per heavy atom. The number of nitrogens with zero attached hydrogens (tertiary/aromatic N) is 1. The molecule has 3 N–H and O–H groups in total. The van der Waals surface area contributed by atoms with Crippen LogP contribution in [0.1, 0.15) is 29.8 Å². The summed E-state index contributed by atoms with van der Waals surface area (Å²) in [5.74, 6) is -0.218. The monoisotopic (exact) mass is 648 g/mol. The summed E-state index contributed by atoms with van der Waals surface area (Å²) in [6.45, 7) is 4.37. The number of ether oxygens (including phenoxy) is 1. The summed E-state index contributed by atoms with van der Waals surface area (Å²) in [7, 11) is 0. The van der Waals surface area contributed by atoms with Crippen LogP contribution in [0.3, 0.4) is 0 Å². The fourth-order valence-electron chi connectivity index (χ4n) is 4.29. The second-order valence-electron chi connectivity index (χ2n) is 10.0. The number of thiazole rings is 1. The van der Waals surface area contributed by atoms with E-state index in [0.717, 1.165) is 27.5 Å². The maximum absolute atomic E-state index is 13.3. The third kappa shape index (κ3) is 8.93. The van der Waals surface area contributed by atoms with Crippen molar-refractivity contribution in [3.8, 4) is 17.0 Å². The van der Waals surface area contributed by atoms with Gasteiger partial charge in [0.15, 0.2) is 5.13 Å². The first-order chi connectivity index (χ1) is 22.4. The van der Waals surface area contributed by atoms with Gasteiger partial charge >= 0.3 is 0 Å². The van der Waals surface area contributed by atoms with Gasteiger partial charge in [0.1, 0.15) is 11.4 Å². The van der Waals surface area contributed by atoms with E-state index in [1.807, 2.05) is 92.0 Å². The minimum absolute atomic E-state index is 0.108. The van der Waals surface area contributed by atoms with Gasteiger partial charge in [0.05, 0.1) is 17.6 Å². The third-order valence-electron chi connectivity index (χ3n) is 6.63. The largest absolute Gasteiger partial charge is 0.494 e. The number of carbonyl (C=O) groups excluding carboxylic acids is 3. The zero-order valence-corrected chi connectivity index (χ0v) is 26.9. The second kappa shape index (κ2) is 15.7. The molecule has 4 aromatic carbocycles. The van der Waals surface area contributed by atoms with E-state index in [1.165, 1.54) is 23.1 Å². The van der Waals surface area contributed by atoms with Crippen LogP contribution in [0.4, 0.5) is 10.8 Å². The second-order valence-corrected chi connectivity index (χ2v) is 12.3. The highest BCUT2D eigenvalue weighted by molar-refractivity contribution is 8.00. The van der Waals surface area contributed by atoms with Gasteiger partial charge in [0.25, 0.3) is 11.8 Å². The molecule has 0 aliphatic heterocycles. The van der Waals surface area contributed by atoms with Crippen molar-refractivity contribution in [3.05, 3.63) is 131 Å². The molecule has 1 unspecified atom stereocenters. The van der Waals surface area contributed by atoms with Gasteiger partial charge in [-0.25, -0.2) is 4.98 Å². The van der Waals surface area contributed by atoms with Gasteiger partial charge in [0.2, 0.25) is 5.91 Å². The van der Waals surface area contributed by atoms with Crippen molar-refractivity contribution in [2.75, 3.05) is 17.2 Å². The fraction of sp³-hybridized carbons (Fsp3) is 0.111. The SMILES string of the molecule is CCOc1ccc(-c2csc(NC(=O)C(C)Sc3ccc(NC(=O)/C(=C/c4ccccc4)NC(=O)c4ccccc4)cc3)n2)cc1. The quantitative estimate of drug-likeness (QED) is 0.0944. The van der Waals surface area contributed by atoms with E-state index in [1.54, 1.807) is 42.5 Å². The lowest BCUT2D eigenvalue weighted by Gasteiger charge is -2.13. The molecule has 0 saturated carbocycles. The maximum Gasteiger partial charge on any atom is 0.272 e. The molecule has 0 aliphatic rings. The van der Waals surface area contributed by atoms with Gasteiger partial charge < -0.3 is 20.7 Å². The number of aromatic nitrogens is 1. The lowest BCUT2D eigenvalue weighted by Crippen LogP contribution is -2.30. The van der Waals surface area contributed by atoms with Gasteiger partial charge in [-0.15, -0.1) is 23.1 Å². The van der Waals surface area contributed by atoms with E-state index in [4.69, 9.17) is 4.74 Å². The minimum Gasteiger partial charge on any atom is -0.494 e. The molecule has 0 spiro atoms. The molecule has 5 aromatic rings. The molecule has 0 saturated heterocycles. The Balaban J connectivity index is 1.18. The molecular weight excluding hydrogens is 617 g/mol. The van der Waals surface area contributed by atoms with Crippen molar-refractivity contribution in [1.82, 2.24) is 10.3 Å². The Bertz CT molecular complexity index is 1810. The molecule has 8 nitrogen and oxygen atoms in total. The van der Waals surface area contributed by atoms with Crippen LogP contribution in [0.15, 0.2) is 125 Å². The first kappa shape index (κ1) is 32.2. The van der Waals surface area contributed by atoms with Crippen molar-refractivity contribution >= 4 is 57.7 Å². The summed E-state index contributed by atoms with van der Waals surface area (Å²) in [6, 6.07) is 32.9. The van der Waals surface area contributed by atoms with Crippen LogP contribution in [0.25, 0.3) is 17.3 Å². The number of hydrogen-bond donors (Lipinski definition) is 3. The van der Waals surface area contributed by atoms with Gasteiger partial charge in [-0.2, -0.15) is 0 Å². The van der Waals surface area contributed by atoms with E-state index in [0.29, 0.717) is 23.0 Å². The lowest BCUT2D eigenvalue weighted by atomic mass is 10.1. The number of thioether (sulfide) groups is 1. The first-order valence-electron chi connectivity index (χ1n) is 14.6. The molecule has 3 amide bonds. The van der Waals surface area contributed by atoms with Gasteiger partial charge in [0, 0.05) is 27.1 Å². The van der Waals surface area contributed by atoms with Gasteiger partial charge in [-0.3, -0.25) is 14.4 Å². The fourth-order valence-corrected chi connectivity index (χ4v) is 5.88. The molecular formula is C36H32N4O4S2. The zero-order valence-electron chi connectivity index (χ0n) is 25.2. The van der Waals surface area contributed by atoms with Crippen LogP contribution in [0, 0.1) is 0 Å². The Kier molecular flexibility index (Phi) is 11.0. The van der Waals surface area contributed by atoms with Crippen molar-refractivity contribution in [3.63, 3.8) is 0 Å². The average molecular weight is 649 g/mol. The van der Waals surface area contributed by atoms with E-state index < -0.39 is 11.2 Å². The number of carbonyl (C=O) groups is 3. The standard InChI is InChI=1S/C36H32N4O4S2/c1-3-44-29-18-14-26(15-19-29)32-23-45-36(39-32)40-33(41)24(2)46-30-20-16-28(17-21-30)37-35(43)31(22-25-10-6-4-7-11-25)38-34(42)27-12-8-5-9-13-27/h4-24H,3H2,1-2H3,(H,37,43)(H,38,42)(H,39,40,41)/b31-22-. The highest BCUT2D eigenvalue weighted by Gasteiger charge is 2.18. The number of benzene rings is 4. The predicted octanol–water partition coefficient (Wildman–Crippen LogP) is 7.74. The van der Waals surface area contributed by atoms with Gasteiger partial charge in [-0.05, 0) is 86.2 Å². The lowest BCUT2D eigenvalue weighted by molar-refractivity contribution is -0.115. The first-order valence-corrected chi connectivity index (χ1v) is 16.3. The molecule has 232 valence electrons. The molecule has 1 aromatic heterocycles. The van der Waals surface area contributed by atoms with E-state index in [9.17, 15) is 14.4 Å². The van der Waals surface area contributed by atoms with Crippen LogP contribution in [-0.4, -0.2) is 34.6 Å². The molecule has 0 radical (unpaired) electrons. The van der Waals surface area contributed by atoms with Gasteiger partial charge in [-0.1, -0.05) is 48.5 Å². The number of nitrogens with one attached hydrogen (secondary N) is 3. The maximum atomic E-state index is 13.3. The topological polar surface area (TPSA) is 109 Å². The molecule has 5 rings (SSSR count). The summed E-state index contributed by atoms with van der Waals surface area (Å²) in [5, 5.41) is 10.5. The summed E-state index contributed by atoms with van der Waals surface area (Å²) >= 11 is 2.76. The Hall–Kier alpha value is -5.19. The van der Waals surface area contributed by atoms with Crippen LogP contribution in [0.2, 0.25) is 0 Å². The smallest absolute Gasteiger partial charge is 0.272 e. The highest BCUT2D eigenvalue weighted by atomic mass is 32.2. The van der Waals surface area contributed by atoms with Crippen molar-refractivity contribution < 1.29 is 19.1 Å². The van der Waals surface area contributed by atoms with Crippen LogP contribution in [0.5, 0.6) is 5.75 Å². The van der Waals surface area contributed by atoms with Crippen LogP contribution < -0.4 is 20.7 Å². The number of anilines is 2. The summed E-state index contributed by atoms with van der Waals surface area (Å²) in [6.07, 6.45) is 1.63. The van der Waals surface area contributed by atoms with Crippen LogP contribution >= 0.6 is 23.1 Å². The van der Waals surface area contributed by atoms with E-state index in [-0.39, 0.29) is 17.5 Å². The van der Waals surface area contributed by atoms with Crippen molar-refractivity contribution in [2.45, 2.75) is 24.0 Å². The summed E-state index contributed by atoms with van der Waals surface area (Å²) in [5.41, 5.74) is 3.58. The Morgan fingerprint density at radius 3 is 2.22 bits per heavy atom. The Labute approximate surface area is 275 Å². The number of hydrogen-bond acceptors (Lipinski definition) is 7. The van der Waals surface area contributed by atoms with E-state index in [2.05, 4.69) is 20.9 Å². The molecule has 46 heavy (non-hydrogen) atoms. The highest BCUT2D eigenvalue weighted by Crippen LogP contribution is 2.29. The normalized spacial score (nSPS) is 11.7. The number of rotatable bonds is 12. The number of amides is 3. The van der Waals surface area contributed by atoms with Crippen molar-refractivity contribution in [1.29, 1.82) is 0 Å². The molecule has 0 fully saturated rings. The molecule has 1 heterocycles. The average Bonchev–Trinajstić information content (AvgIpc) is 3.55. The minimum atomic E-state index is -0.464. The third-order valence-corrected chi connectivity index (χ3v) is 8.50. The van der Waals surface area contributed by atoms with Crippen molar-refractivity contribution in [2.24, 2.45) is 0 Å². The molecule has 1 atom stereocenters. The zero-order chi connectivity index (χ0) is 32.3. The Morgan fingerprint density at radius 1 is 0.870 bits per heavy atom. The summed E-state index contributed by atoms with van der Waals surface area (Å²) < 4.78 is 5.50.